The van der Waals surface area contributed by atoms with Gasteiger partial charge in [0.15, 0.2) is 0 Å². The van der Waals surface area contributed by atoms with Crippen LogP contribution in [-0.4, -0.2) is 11.5 Å². The molecule has 0 fully saturated rings. The number of halogens is 1. The minimum Gasteiger partial charge on any atom is -0.357 e. The van der Waals surface area contributed by atoms with Gasteiger partial charge < -0.3 is 10.3 Å². The molecule has 0 bridgehead atoms. The van der Waals surface area contributed by atoms with Crippen molar-refractivity contribution in [1.29, 1.82) is 0 Å². The SMILES string of the molecule is Cc1c(Br)ccc2c3c([nH]c12)CNCC3. The van der Waals surface area contributed by atoms with Crippen molar-refractivity contribution >= 4 is 26.8 Å². The van der Waals surface area contributed by atoms with Gasteiger partial charge in [-0.3, -0.25) is 0 Å². The van der Waals surface area contributed by atoms with E-state index in [9.17, 15) is 0 Å². The molecule has 0 atom stereocenters. The molecular formula is C12H13BrN2. The number of benzene rings is 1. The number of aryl methyl sites for hydroxylation is 1. The number of aromatic amines is 1. The van der Waals surface area contributed by atoms with Crippen molar-refractivity contribution in [2.75, 3.05) is 6.54 Å². The fraction of sp³-hybridized carbons (Fsp3) is 0.333. The molecule has 2 heterocycles. The van der Waals surface area contributed by atoms with Crippen molar-refractivity contribution in [3.63, 3.8) is 0 Å². The van der Waals surface area contributed by atoms with Crippen molar-refractivity contribution in [3.05, 3.63) is 33.4 Å². The molecule has 0 saturated heterocycles. The molecule has 2 N–H and O–H groups in total. The van der Waals surface area contributed by atoms with Crippen LogP contribution < -0.4 is 5.32 Å². The topological polar surface area (TPSA) is 27.8 Å². The lowest BCUT2D eigenvalue weighted by Gasteiger charge is -2.12. The number of hydrogen-bond acceptors (Lipinski definition) is 1. The van der Waals surface area contributed by atoms with Crippen molar-refractivity contribution in [3.8, 4) is 0 Å². The summed E-state index contributed by atoms with van der Waals surface area (Å²) in [5.74, 6) is 0. The molecule has 2 aromatic rings. The number of aromatic nitrogens is 1. The fourth-order valence-electron chi connectivity index (χ4n) is 2.35. The third kappa shape index (κ3) is 1.34. The Morgan fingerprint density at radius 3 is 3.07 bits per heavy atom. The summed E-state index contributed by atoms with van der Waals surface area (Å²) in [5.41, 5.74) is 5.46. The van der Waals surface area contributed by atoms with Crippen LogP contribution in [0, 0.1) is 6.92 Å². The predicted molar refractivity (Wildman–Crippen MR) is 66.1 cm³/mol. The lowest BCUT2D eigenvalue weighted by atomic mass is 10.0. The average Bonchev–Trinajstić information content (AvgIpc) is 2.63. The van der Waals surface area contributed by atoms with Gasteiger partial charge >= 0.3 is 0 Å². The molecule has 78 valence electrons. The van der Waals surface area contributed by atoms with E-state index in [0.29, 0.717) is 0 Å². The number of fused-ring (bicyclic) bond motifs is 3. The molecule has 1 aliphatic rings. The smallest absolute Gasteiger partial charge is 0.0500 e. The normalized spacial score (nSPS) is 15.6. The van der Waals surface area contributed by atoms with Crippen molar-refractivity contribution in [2.24, 2.45) is 0 Å². The molecule has 0 amide bonds. The van der Waals surface area contributed by atoms with E-state index in [0.717, 1.165) is 19.5 Å². The minimum absolute atomic E-state index is 0.973. The predicted octanol–water partition coefficient (Wildman–Crippen LogP) is 2.88. The van der Waals surface area contributed by atoms with Gasteiger partial charge in [-0.2, -0.15) is 0 Å². The van der Waals surface area contributed by atoms with E-state index in [1.54, 1.807) is 0 Å². The summed E-state index contributed by atoms with van der Waals surface area (Å²) in [4.78, 5) is 3.53. The molecule has 15 heavy (non-hydrogen) atoms. The molecule has 0 radical (unpaired) electrons. The minimum atomic E-state index is 0.973. The van der Waals surface area contributed by atoms with Gasteiger partial charge in [-0.05, 0) is 37.1 Å². The van der Waals surface area contributed by atoms with E-state index in [2.05, 4.69) is 45.3 Å². The first kappa shape index (κ1) is 9.43. The fourth-order valence-corrected chi connectivity index (χ4v) is 2.68. The molecule has 1 aromatic heterocycles. The zero-order chi connectivity index (χ0) is 10.4. The average molecular weight is 265 g/mol. The van der Waals surface area contributed by atoms with Crippen LogP contribution in [0.4, 0.5) is 0 Å². The summed E-state index contributed by atoms with van der Waals surface area (Å²) in [5, 5.41) is 4.79. The Bertz CT molecular complexity index is 528. The second kappa shape index (κ2) is 3.35. The van der Waals surface area contributed by atoms with Gasteiger partial charge in [-0.15, -0.1) is 0 Å². The second-order valence-electron chi connectivity index (χ2n) is 4.10. The summed E-state index contributed by atoms with van der Waals surface area (Å²) >= 11 is 3.57. The lowest BCUT2D eigenvalue weighted by Crippen LogP contribution is -2.22. The highest BCUT2D eigenvalue weighted by atomic mass is 79.9. The zero-order valence-corrected chi connectivity index (χ0v) is 10.2. The van der Waals surface area contributed by atoms with Crippen molar-refractivity contribution in [1.82, 2.24) is 10.3 Å². The molecule has 0 aliphatic carbocycles. The third-order valence-electron chi connectivity index (χ3n) is 3.22. The largest absolute Gasteiger partial charge is 0.357 e. The van der Waals surface area contributed by atoms with Gasteiger partial charge in [-0.1, -0.05) is 22.0 Å². The highest BCUT2D eigenvalue weighted by Gasteiger charge is 2.16. The maximum Gasteiger partial charge on any atom is 0.0500 e. The summed E-state index contributed by atoms with van der Waals surface area (Å²) < 4.78 is 1.18. The monoisotopic (exact) mass is 264 g/mol. The Balaban J connectivity index is 2.36. The van der Waals surface area contributed by atoms with E-state index in [4.69, 9.17) is 0 Å². The molecule has 0 saturated carbocycles. The Hall–Kier alpha value is -0.800. The maximum absolute atomic E-state index is 3.57. The molecule has 3 heteroatoms. The molecule has 1 aromatic carbocycles. The highest BCUT2D eigenvalue weighted by Crippen LogP contribution is 2.30. The summed E-state index contributed by atoms with van der Waals surface area (Å²) in [6, 6.07) is 4.36. The Labute approximate surface area is 97.2 Å². The van der Waals surface area contributed by atoms with Crippen LogP contribution in [0.2, 0.25) is 0 Å². The quantitative estimate of drug-likeness (QED) is 0.753. The molecule has 2 nitrogen and oxygen atoms in total. The zero-order valence-electron chi connectivity index (χ0n) is 8.65. The van der Waals surface area contributed by atoms with Crippen molar-refractivity contribution in [2.45, 2.75) is 19.9 Å². The van der Waals surface area contributed by atoms with Gasteiger partial charge in [0.05, 0.1) is 0 Å². The Kier molecular flexibility index (Phi) is 2.11. The van der Waals surface area contributed by atoms with Crippen LogP contribution in [0.15, 0.2) is 16.6 Å². The van der Waals surface area contributed by atoms with Crippen LogP contribution in [0.5, 0.6) is 0 Å². The first-order valence-corrected chi connectivity index (χ1v) is 6.06. The first-order chi connectivity index (χ1) is 7.27. The molecule has 3 rings (SSSR count). The lowest BCUT2D eigenvalue weighted by molar-refractivity contribution is 0.637. The Morgan fingerprint density at radius 1 is 1.33 bits per heavy atom. The third-order valence-corrected chi connectivity index (χ3v) is 4.08. The van der Waals surface area contributed by atoms with E-state index < -0.39 is 0 Å². The Morgan fingerprint density at radius 2 is 2.20 bits per heavy atom. The van der Waals surface area contributed by atoms with E-state index in [1.165, 1.54) is 32.2 Å². The summed E-state index contributed by atoms with van der Waals surface area (Å²) in [6.07, 6.45) is 1.14. The number of rotatable bonds is 0. The number of H-pyrrole nitrogens is 1. The number of hydrogen-bond donors (Lipinski definition) is 2. The van der Waals surface area contributed by atoms with Crippen LogP contribution in [0.3, 0.4) is 0 Å². The first-order valence-electron chi connectivity index (χ1n) is 5.26. The highest BCUT2D eigenvalue weighted by molar-refractivity contribution is 9.10. The van der Waals surface area contributed by atoms with E-state index in [-0.39, 0.29) is 0 Å². The summed E-state index contributed by atoms with van der Waals surface area (Å²) in [7, 11) is 0. The van der Waals surface area contributed by atoms with Gasteiger partial charge in [0.1, 0.15) is 0 Å². The van der Waals surface area contributed by atoms with Gasteiger partial charge in [-0.25, -0.2) is 0 Å². The van der Waals surface area contributed by atoms with Crippen molar-refractivity contribution < 1.29 is 0 Å². The standard InChI is InChI=1S/C12H13BrN2/c1-7-10(13)3-2-9-8-4-5-14-6-11(8)15-12(7)9/h2-3,14-15H,4-6H2,1H3. The molecule has 1 aliphatic heterocycles. The molecule has 0 spiro atoms. The second-order valence-corrected chi connectivity index (χ2v) is 4.96. The molecular weight excluding hydrogens is 252 g/mol. The van der Waals surface area contributed by atoms with Gasteiger partial charge in [0.2, 0.25) is 0 Å². The van der Waals surface area contributed by atoms with Gasteiger partial charge in [0.25, 0.3) is 0 Å². The van der Waals surface area contributed by atoms with Crippen LogP contribution in [-0.2, 0) is 13.0 Å². The van der Waals surface area contributed by atoms with Crippen LogP contribution in [0.1, 0.15) is 16.8 Å². The molecule has 0 unspecified atom stereocenters. The summed E-state index contributed by atoms with van der Waals surface area (Å²) in [6.45, 7) is 4.22. The van der Waals surface area contributed by atoms with E-state index in [1.807, 2.05) is 0 Å². The number of nitrogens with one attached hydrogen (secondary N) is 2. The van der Waals surface area contributed by atoms with Crippen LogP contribution >= 0.6 is 15.9 Å². The van der Waals surface area contributed by atoms with Crippen LogP contribution in [0.25, 0.3) is 10.9 Å². The maximum atomic E-state index is 3.57. The van der Waals surface area contributed by atoms with Gasteiger partial charge in [0, 0.05) is 27.6 Å². The van der Waals surface area contributed by atoms with E-state index >= 15 is 0 Å².